The van der Waals surface area contributed by atoms with Crippen LogP contribution in [0.2, 0.25) is 0 Å². The molecular weight excluding hydrogens is 590 g/mol. The zero-order chi connectivity index (χ0) is 32.2. The number of aliphatic carboxylic acids is 2. The SMILES string of the molecule is Cc1ccc(-c2cnc3n2CCN(C)C32CCN(C(=O)c3ccco3)CC2)cc1.O=C(O)C(F)(F)F.O=C(O)C(F)(F)F. The number of likely N-dealkylation sites (tertiary alicyclic amines) is 1. The topological polar surface area (TPSA) is 129 Å². The van der Waals surface area contributed by atoms with Crippen molar-refractivity contribution in [1.29, 1.82) is 0 Å². The van der Waals surface area contributed by atoms with E-state index in [2.05, 4.69) is 47.7 Å². The van der Waals surface area contributed by atoms with E-state index in [-0.39, 0.29) is 11.4 Å². The molecule has 10 nitrogen and oxygen atoms in total. The third-order valence-electron chi connectivity index (χ3n) is 7.10. The molecule has 16 heteroatoms. The molecule has 43 heavy (non-hydrogen) atoms. The molecule has 0 radical (unpaired) electrons. The van der Waals surface area contributed by atoms with Gasteiger partial charge in [0.05, 0.1) is 23.7 Å². The number of piperidine rings is 1. The van der Waals surface area contributed by atoms with E-state index >= 15 is 0 Å². The van der Waals surface area contributed by atoms with Crippen molar-refractivity contribution in [2.24, 2.45) is 0 Å². The molecule has 0 saturated carbocycles. The van der Waals surface area contributed by atoms with Gasteiger partial charge in [-0.3, -0.25) is 9.69 Å². The Kier molecular flexibility index (Phi) is 9.94. The summed E-state index contributed by atoms with van der Waals surface area (Å²) < 4.78 is 71.2. The molecule has 1 aromatic carbocycles. The van der Waals surface area contributed by atoms with E-state index in [0.29, 0.717) is 18.8 Å². The molecule has 2 aromatic heterocycles. The summed E-state index contributed by atoms with van der Waals surface area (Å²) in [5.74, 6) is -3.99. The maximum Gasteiger partial charge on any atom is 0.490 e. The van der Waals surface area contributed by atoms with Gasteiger partial charge in [0.2, 0.25) is 0 Å². The fourth-order valence-corrected chi connectivity index (χ4v) is 4.80. The molecule has 1 amide bonds. The molecule has 0 atom stereocenters. The monoisotopic (exact) mass is 618 g/mol. The first-order chi connectivity index (χ1) is 20.0. The predicted octanol–water partition coefficient (Wildman–Crippen LogP) is 4.80. The lowest BCUT2D eigenvalue weighted by molar-refractivity contribution is -0.193. The number of amides is 1. The summed E-state index contributed by atoms with van der Waals surface area (Å²) in [5.41, 5.74) is 3.53. The average molecular weight is 619 g/mol. The predicted molar refractivity (Wildman–Crippen MR) is 138 cm³/mol. The van der Waals surface area contributed by atoms with Gasteiger partial charge in [0.1, 0.15) is 5.82 Å². The lowest BCUT2D eigenvalue weighted by Gasteiger charge is -2.49. The van der Waals surface area contributed by atoms with Gasteiger partial charge in [0.15, 0.2) is 5.76 Å². The molecule has 2 aliphatic heterocycles. The van der Waals surface area contributed by atoms with Crippen molar-refractivity contribution in [3.05, 3.63) is 66.0 Å². The number of nitrogens with zero attached hydrogens (tertiary/aromatic N) is 4. The van der Waals surface area contributed by atoms with Crippen LogP contribution in [0.5, 0.6) is 0 Å². The Bertz CT molecular complexity index is 1390. The van der Waals surface area contributed by atoms with E-state index in [1.807, 2.05) is 11.1 Å². The number of benzene rings is 1. The Balaban J connectivity index is 0.000000303. The largest absolute Gasteiger partial charge is 0.490 e. The second-order valence-electron chi connectivity index (χ2n) is 9.81. The second-order valence-corrected chi connectivity index (χ2v) is 9.81. The van der Waals surface area contributed by atoms with E-state index in [0.717, 1.165) is 31.8 Å². The van der Waals surface area contributed by atoms with E-state index in [4.69, 9.17) is 29.2 Å². The molecule has 0 bridgehead atoms. The highest BCUT2D eigenvalue weighted by Gasteiger charge is 2.46. The lowest BCUT2D eigenvalue weighted by atomic mass is 9.83. The zero-order valence-corrected chi connectivity index (χ0v) is 22.9. The quantitative estimate of drug-likeness (QED) is 0.393. The summed E-state index contributed by atoms with van der Waals surface area (Å²) in [6.45, 7) is 5.44. The first kappa shape index (κ1) is 33.2. The number of alkyl halides is 6. The van der Waals surface area contributed by atoms with Gasteiger partial charge in [-0.05, 0) is 44.5 Å². The Labute approximate surface area is 241 Å². The fraction of sp³-hybridized carbons (Fsp3) is 0.407. The maximum absolute atomic E-state index is 12.7. The van der Waals surface area contributed by atoms with Crippen molar-refractivity contribution in [3.63, 3.8) is 0 Å². The standard InChI is InChI=1S/C23H26N4O2.2C2HF3O2/c1-17-5-7-18(8-6-17)19-16-24-22-23(25(2)13-14-27(19)22)9-11-26(12-10-23)21(28)20-4-3-15-29-20;2*3-2(4,5)1(6)7/h3-8,15-16H,9-14H2,1-2H3;2*(H,6,7). The summed E-state index contributed by atoms with van der Waals surface area (Å²) >= 11 is 0. The van der Waals surface area contributed by atoms with Crippen LogP contribution in [0.25, 0.3) is 11.3 Å². The van der Waals surface area contributed by atoms with Gasteiger partial charge >= 0.3 is 24.3 Å². The van der Waals surface area contributed by atoms with Crippen LogP contribution in [0.4, 0.5) is 26.3 Å². The van der Waals surface area contributed by atoms with Crippen LogP contribution in [-0.2, 0) is 21.7 Å². The number of hydrogen-bond donors (Lipinski definition) is 2. The van der Waals surface area contributed by atoms with Crippen molar-refractivity contribution < 1.29 is 55.4 Å². The number of halogens is 6. The van der Waals surface area contributed by atoms with E-state index in [1.54, 1.807) is 18.4 Å². The van der Waals surface area contributed by atoms with Gasteiger partial charge < -0.3 is 24.1 Å². The molecule has 5 rings (SSSR count). The van der Waals surface area contributed by atoms with Gasteiger partial charge in [-0.1, -0.05) is 29.8 Å². The highest BCUT2D eigenvalue weighted by atomic mass is 19.4. The van der Waals surface area contributed by atoms with E-state index < -0.39 is 24.3 Å². The molecule has 3 aromatic rings. The van der Waals surface area contributed by atoms with Crippen molar-refractivity contribution in [1.82, 2.24) is 19.4 Å². The Hall–Kier alpha value is -4.34. The van der Waals surface area contributed by atoms with Crippen molar-refractivity contribution >= 4 is 17.8 Å². The van der Waals surface area contributed by atoms with Crippen LogP contribution in [0.3, 0.4) is 0 Å². The van der Waals surface area contributed by atoms with E-state index in [1.165, 1.54) is 16.8 Å². The number of hydrogen-bond acceptors (Lipinski definition) is 6. The van der Waals surface area contributed by atoms with Gasteiger partial charge in [0.25, 0.3) is 5.91 Å². The van der Waals surface area contributed by atoms with Crippen LogP contribution in [-0.4, -0.2) is 86.4 Å². The van der Waals surface area contributed by atoms with Crippen LogP contribution >= 0.6 is 0 Å². The number of carboxylic acid groups (broad SMARTS) is 2. The van der Waals surface area contributed by atoms with Crippen LogP contribution in [0.15, 0.2) is 53.3 Å². The molecule has 1 spiro atoms. The summed E-state index contributed by atoms with van der Waals surface area (Å²) in [5, 5.41) is 14.2. The molecular formula is C27H28F6N4O6. The number of carbonyl (C=O) groups is 3. The normalized spacial score (nSPS) is 16.3. The Morgan fingerprint density at radius 1 is 0.884 bits per heavy atom. The van der Waals surface area contributed by atoms with Gasteiger partial charge in [-0.25, -0.2) is 14.6 Å². The zero-order valence-electron chi connectivity index (χ0n) is 22.9. The van der Waals surface area contributed by atoms with E-state index in [9.17, 15) is 31.1 Å². The number of fused-ring (bicyclic) bond motifs is 2. The second kappa shape index (κ2) is 12.9. The highest BCUT2D eigenvalue weighted by Crippen LogP contribution is 2.41. The van der Waals surface area contributed by atoms with Crippen LogP contribution in [0, 0.1) is 6.92 Å². The Morgan fingerprint density at radius 2 is 1.42 bits per heavy atom. The minimum absolute atomic E-state index is 0.0213. The number of likely N-dealkylation sites (N-methyl/N-ethyl adjacent to an activating group) is 1. The van der Waals surface area contributed by atoms with Gasteiger partial charge in [0, 0.05) is 26.2 Å². The molecule has 234 valence electrons. The van der Waals surface area contributed by atoms with Crippen molar-refractivity contribution in [2.45, 2.75) is 44.2 Å². The van der Waals surface area contributed by atoms with Gasteiger partial charge in [-0.15, -0.1) is 0 Å². The number of rotatable bonds is 2. The highest BCUT2D eigenvalue weighted by molar-refractivity contribution is 5.91. The van der Waals surface area contributed by atoms with Crippen LogP contribution in [0.1, 0.15) is 34.8 Å². The summed E-state index contributed by atoms with van der Waals surface area (Å²) in [6, 6.07) is 12.2. The number of furan rings is 1. The maximum atomic E-state index is 12.7. The third kappa shape index (κ3) is 7.74. The average Bonchev–Trinajstić information content (AvgIpc) is 3.62. The molecule has 4 heterocycles. The molecule has 2 aliphatic rings. The molecule has 1 saturated heterocycles. The molecule has 0 aliphatic carbocycles. The molecule has 0 unspecified atom stereocenters. The summed E-state index contributed by atoms with van der Waals surface area (Å²) in [6.07, 6.45) is -4.85. The first-order valence-electron chi connectivity index (χ1n) is 12.7. The van der Waals surface area contributed by atoms with Crippen molar-refractivity contribution in [3.8, 4) is 11.3 Å². The Morgan fingerprint density at radius 3 is 1.88 bits per heavy atom. The molecule has 2 N–H and O–H groups in total. The minimum atomic E-state index is -5.08. The number of aromatic nitrogens is 2. The van der Waals surface area contributed by atoms with Crippen LogP contribution < -0.4 is 0 Å². The number of carboxylic acids is 2. The number of carbonyl (C=O) groups excluding carboxylic acids is 1. The smallest absolute Gasteiger partial charge is 0.475 e. The summed E-state index contributed by atoms with van der Waals surface area (Å²) in [4.78, 5) is 39.7. The van der Waals surface area contributed by atoms with Crippen molar-refractivity contribution in [2.75, 3.05) is 26.7 Å². The minimum Gasteiger partial charge on any atom is -0.475 e. The third-order valence-corrected chi connectivity index (χ3v) is 7.10. The molecule has 1 fully saturated rings. The lowest BCUT2D eigenvalue weighted by Crippen LogP contribution is -2.57. The first-order valence-corrected chi connectivity index (χ1v) is 12.7. The van der Waals surface area contributed by atoms with Gasteiger partial charge in [-0.2, -0.15) is 26.3 Å². The number of imidazole rings is 1. The fourth-order valence-electron chi connectivity index (χ4n) is 4.80. The summed E-state index contributed by atoms with van der Waals surface area (Å²) in [7, 11) is 2.19. The number of aryl methyl sites for hydroxylation is 1.